The number of aromatic nitrogens is 2. The molecule has 3 aromatic carbocycles. The highest BCUT2D eigenvalue weighted by Crippen LogP contribution is 2.27. The molecular formula is C21H16BrClN2O. The highest BCUT2D eigenvalue weighted by molar-refractivity contribution is 9.10. The first-order valence-corrected chi connectivity index (χ1v) is 9.48. The number of halogens is 2. The van der Waals surface area contributed by atoms with Crippen LogP contribution in [0.15, 0.2) is 77.3 Å². The lowest BCUT2D eigenvalue weighted by molar-refractivity contribution is 0.301. The fourth-order valence-electron chi connectivity index (χ4n) is 2.93. The maximum absolute atomic E-state index is 6.17. The van der Waals surface area contributed by atoms with E-state index in [2.05, 4.69) is 38.7 Å². The predicted molar refractivity (Wildman–Crippen MR) is 110 cm³/mol. The SMILES string of the molecule is Clc1ccccc1OCCn1c(-c2ccc(Br)cc2)nc2ccccc21. The molecule has 3 nitrogen and oxygen atoms in total. The van der Waals surface area contributed by atoms with Gasteiger partial charge >= 0.3 is 0 Å². The third-order valence-electron chi connectivity index (χ3n) is 4.17. The molecule has 0 spiro atoms. The van der Waals surface area contributed by atoms with Crippen molar-refractivity contribution in [2.75, 3.05) is 6.61 Å². The average Bonchev–Trinajstić information content (AvgIpc) is 3.03. The molecule has 0 saturated carbocycles. The summed E-state index contributed by atoms with van der Waals surface area (Å²) in [6, 6.07) is 23.9. The summed E-state index contributed by atoms with van der Waals surface area (Å²) in [6.45, 7) is 1.19. The van der Waals surface area contributed by atoms with Crippen LogP contribution in [0.3, 0.4) is 0 Å². The van der Waals surface area contributed by atoms with Gasteiger partial charge in [0.25, 0.3) is 0 Å². The van der Waals surface area contributed by atoms with Crippen molar-refractivity contribution in [1.82, 2.24) is 9.55 Å². The number of rotatable bonds is 5. The predicted octanol–water partition coefficient (Wildman–Crippen LogP) is 6.20. The van der Waals surface area contributed by atoms with E-state index in [1.54, 1.807) is 0 Å². The van der Waals surface area contributed by atoms with Crippen molar-refractivity contribution >= 4 is 38.6 Å². The van der Waals surface area contributed by atoms with E-state index in [9.17, 15) is 0 Å². The van der Waals surface area contributed by atoms with Crippen LogP contribution < -0.4 is 4.74 Å². The topological polar surface area (TPSA) is 27.1 Å². The van der Waals surface area contributed by atoms with Crippen LogP contribution in [-0.2, 0) is 6.54 Å². The summed E-state index contributed by atoms with van der Waals surface area (Å²) >= 11 is 9.66. The Morgan fingerprint density at radius 3 is 2.46 bits per heavy atom. The highest BCUT2D eigenvalue weighted by Gasteiger charge is 2.12. The molecule has 4 rings (SSSR count). The van der Waals surface area contributed by atoms with Crippen molar-refractivity contribution in [1.29, 1.82) is 0 Å². The van der Waals surface area contributed by atoms with E-state index in [0.29, 0.717) is 23.9 Å². The second-order valence-corrected chi connectivity index (χ2v) is 7.18. The molecule has 0 bridgehead atoms. The number of hydrogen-bond acceptors (Lipinski definition) is 2. The zero-order valence-electron chi connectivity index (χ0n) is 13.9. The Bertz CT molecular complexity index is 1040. The average molecular weight is 428 g/mol. The zero-order chi connectivity index (χ0) is 17.9. The van der Waals surface area contributed by atoms with E-state index in [4.69, 9.17) is 21.3 Å². The second kappa shape index (κ2) is 7.52. The first-order valence-electron chi connectivity index (χ1n) is 8.31. The van der Waals surface area contributed by atoms with Crippen LogP contribution in [0.25, 0.3) is 22.4 Å². The number of nitrogens with zero attached hydrogens (tertiary/aromatic N) is 2. The van der Waals surface area contributed by atoms with Crippen LogP contribution in [0.5, 0.6) is 5.75 Å². The monoisotopic (exact) mass is 426 g/mol. The van der Waals surface area contributed by atoms with Gasteiger partial charge in [-0.3, -0.25) is 0 Å². The number of hydrogen-bond donors (Lipinski definition) is 0. The molecule has 0 aliphatic carbocycles. The summed E-state index contributed by atoms with van der Waals surface area (Å²) < 4.78 is 9.12. The summed E-state index contributed by atoms with van der Waals surface area (Å²) in [7, 11) is 0. The lowest BCUT2D eigenvalue weighted by atomic mass is 10.2. The summed E-state index contributed by atoms with van der Waals surface area (Å²) in [5.74, 6) is 1.63. The lowest BCUT2D eigenvalue weighted by Gasteiger charge is -2.12. The van der Waals surface area contributed by atoms with Crippen molar-refractivity contribution in [2.45, 2.75) is 6.54 Å². The summed E-state index contributed by atoms with van der Waals surface area (Å²) in [6.07, 6.45) is 0. The Labute approximate surface area is 165 Å². The van der Waals surface area contributed by atoms with Gasteiger partial charge in [0.05, 0.1) is 22.6 Å². The highest BCUT2D eigenvalue weighted by atomic mass is 79.9. The summed E-state index contributed by atoms with van der Waals surface area (Å²) in [5.41, 5.74) is 3.14. The quantitative estimate of drug-likeness (QED) is 0.379. The van der Waals surface area contributed by atoms with Crippen LogP contribution in [0.1, 0.15) is 0 Å². The molecule has 0 unspecified atom stereocenters. The van der Waals surface area contributed by atoms with Gasteiger partial charge in [0, 0.05) is 10.0 Å². The molecule has 0 fully saturated rings. The Kier molecular flexibility index (Phi) is 4.96. The van der Waals surface area contributed by atoms with E-state index in [0.717, 1.165) is 26.9 Å². The van der Waals surface area contributed by atoms with E-state index >= 15 is 0 Å². The first kappa shape index (κ1) is 17.1. The van der Waals surface area contributed by atoms with Gasteiger partial charge in [-0.25, -0.2) is 4.98 Å². The molecule has 0 aliphatic rings. The minimum absolute atomic E-state index is 0.508. The van der Waals surface area contributed by atoms with Gasteiger partial charge in [-0.05, 0) is 36.4 Å². The molecule has 0 radical (unpaired) electrons. The Balaban J connectivity index is 1.65. The van der Waals surface area contributed by atoms with Gasteiger partial charge in [-0.2, -0.15) is 0 Å². The Hall–Kier alpha value is -2.30. The number of ether oxygens (including phenoxy) is 1. The molecule has 26 heavy (non-hydrogen) atoms. The molecular weight excluding hydrogens is 412 g/mol. The summed E-state index contributed by atoms with van der Waals surface area (Å²) in [5, 5.41) is 0.621. The van der Waals surface area contributed by atoms with Crippen LogP contribution >= 0.6 is 27.5 Å². The van der Waals surface area contributed by atoms with Gasteiger partial charge < -0.3 is 9.30 Å². The van der Waals surface area contributed by atoms with Crippen LogP contribution in [-0.4, -0.2) is 16.2 Å². The third-order valence-corrected chi connectivity index (χ3v) is 5.01. The number of imidazole rings is 1. The third kappa shape index (κ3) is 3.48. The minimum Gasteiger partial charge on any atom is -0.490 e. The van der Waals surface area contributed by atoms with Crippen LogP contribution in [0.2, 0.25) is 5.02 Å². The van der Waals surface area contributed by atoms with Gasteiger partial charge in [-0.15, -0.1) is 0 Å². The Morgan fingerprint density at radius 2 is 1.65 bits per heavy atom. The zero-order valence-corrected chi connectivity index (χ0v) is 16.2. The molecule has 0 aliphatic heterocycles. The maximum Gasteiger partial charge on any atom is 0.141 e. The van der Waals surface area contributed by atoms with Gasteiger partial charge in [0.1, 0.15) is 18.2 Å². The van der Waals surface area contributed by atoms with Crippen molar-refractivity contribution in [3.8, 4) is 17.1 Å². The summed E-state index contributed by atoms with van der Waals surface area (Å²) in [4.78, 5) is 4.82. The lowest BCUT2D eigenvalue weighted by Crippen LogP contribution is -2.09. The van der Waals surface area contributed by atoms with E-state index in [1.807, 2.05) is 54.6 Å². The molecule has 0 saturated heterocycles. The van der Waals surface area contributed by atoms with E-state index in [-0.39, 0.29) is 0 Å². The number of benzene rings is 3. The second-order valence-electron chi connectivity index (χ2n) is 5.86. The number of fused-ring (bicyclic) bond motifs is 1. The molecule has 0 N–H and O–H groups in total. The normalized spacial score (nSPS) is 11.0. The first-order chi connectivity index (χ1) is 12.7. The standard InChI is InChI=1S/C21H16BrClN2O/c22-16-11-9-15(10-12-16)21-24-18-6-2-3-7-19(18)25(21)13-14-26-20-8-4-1-5-17(20)23/h1-12H,13-14H2. The Morgan fingerprint density at radius 1 is 0.923 bits per heavy atom. The van der Waals surface area contributed by atoms with E-state index < -0.39 is 0 Å². The fraction of sp³-hybridized carbons (Fsp3) is 0.0952. The molecule has 4 aromatic rings. The van der Waals surface area contributed by atoms with Gasteiger partial charge in [0.2, 0.25) is 0 Å². The van der Waals surface area contributed by atoms with Crippen molar-refractivity contribution in [3.05, 3.63) is 82.3 Å². The van der Waals surface area contributed by atoms with Crippen molar-refractivity contribution in [2.24, 2.45) is 0 Å². The maximum atomic E-state index is 6.17. The van der Waals surface area contributed by atoms with Crippen molar-refractivity contribution < 1.29 is 4.74 Å². The van der Waals surface area contributed by atoms with Gasteiger partial charge in [-0.1, -0.05) is 63.9 Å². The van der Waals surface area contributed by atoms with Crippen LogP contribution in [0, 0.1) is 0 Å². The molecule has 1 heterocycles. The minimum atomic E-state index is 0.508. The fourth-order valence-corrected chi connectivity index (χ4v) is 3.38. The van der Waals surface area contributed by atoms with Gasteiger partial charge in [0.15, 0.2) is 0 Å². The molecule has 5 heteroatoms. The largest absolute Gasteiger partial charge is 0.490 e. The molecule has 0 atom stereocenters. The number of para-hydroxylation sites is 3. The van der Waals surface area contributed by atoms with E-state index in [1.165, 1.54) is 0 Å². The molecule has 130 valence electrons. The van der Waals surface area contributed by atoms with Crippen LogP contribution in [0.4, 0.5) is 0 Å². The molecule has 1 aromatic heterocycles. The smallest absolute Gasteiger partial charge is 0.141 e. The van der Waals surface area contributed by atoms with Crippen molar-refractivity contribution in [3.63, 3.8) is 0 Å². The molecule has 0 amide bonds.